The molecule has 2 heterocycles. The van der Waals surface area contributed by atoms with Crippen molar-refractivity contribution in [3.05, 3.63) is 54.3 Å². The number of urea groups is 1. The Morgan fingerprint density at radius 3 is 2.70 bits per heavy atom. The van der Waals surface area contributed by atoms with Gasteiger partial charge in [0.05, 0.1) is 11.7 Å². The highest BCUT2D eigenvalue weighted by Crippen LogP contribution is 2.15. The molecule has 1 atom stereocenters. The van der Waals surface area contributed by atoms with Gasteiger partial charge in [-0.05, 0) is 31.5 Å². The molecular formula is C15H16N6O2. The van der Waals surface area contributed by atoms with Crippen LogP contribution in [0.1, 0.15) is 24.3 Å². The molecule has 2 amide bonds. The summed E-state index contributed by atoms with van der Waals surface area (Å²) in [5.74, 6) is 1.02. The lowest BCUT2D eigenvalue weighted by molar-refractivity contribution is 0.249. The SMILES string of the molecule is Cc1cc(NC(=O)N[C@H](C)c2ccc(-n3cncn3)cc2)no1. The lowest BCUT2D eigenvalue weighted by Crippen LogP contribution is -2.31. The highest BCUT2D eigenvalue weighted by atomic mass is 16.5. The Balaban J connectivity index is 1.61. The second-order valence-electron chi connectivity index (χ2n) is 5.07. The van der Waals surface area contributed by atoms with Crippen molar-refractivity contribution in [3.63, 3.8) is 0 Å². The number of hydrogen-bond donors (Lipinski definition) is 2. The summed E-state index contributed by atoms with van der Waals surface area (Å²) in [6.45, 7) is 3.66. The normalized spacial score (nSPS) is 11.9. The average Bonchev–Trinajstić information content (AvgIpc) is 3.19. The molecule has 2 N–H and O–H groups in total. The van der Waals surface area contributed by atoms with E-state index in [1.54, 1.807) is 24.0 Å². The van der Waals surface area contributed by atoms with Crippen LogP contribution in [-0.4, -0.2) is 26.0 Å². The Labute approximate surface area is 132 Å². The van der Waals surface area contributed by atoms with Crippen molar-refractivity contribution in [2.24, 2.45) is 0 Å². The van der Waals surface area contributed by atoms with Gasteiger partial charge in [-0.1, -0.05) is 17.3 Å². The summed E-state index contributed by atoms with van der Waals surface area (Å²) in [5.41, 5.74) is 1.88. The van der Waals surface area contributed by atoms with Crippen LogP contribution in [0.4, 0.5) is 10.6 Å². The molecule has 0 bridgehead atoms. The third-order valence-corrected chi connectivity index (χ3v) is 3.29. The minimum atomic E-state index is -0.342. The van der Waals surface area contributed by atoms with Gasteiger partial charge in [0.25, 0.3) is 0 Å². The number of anilines is 1. The van der Waals surface area contributed by atoms with Crippen LogP contribution in [0.15, 0.2) is 47.5 Å². The molecule has 0 radical (unpaired) electrons. The summed E-state index contributed by atoms with van der Waals surface area (Å²) in [5, 5.41) is 13.2. The van der Waals surface area contributed by atoms with E-state index in [1.165, 1.54) is 6.33 Å². The standard InChI is InChI=1S/C15H16N6O2/c1-10-7-14(20-23-10)19-15(22)18-11(2)12-3-5-13(6-4-12)21-9-16-8-17-21/h3-9,11H,1-2H3,(H2,18,19,20,22)/t11-/m1/s1. The van der Waals surface area contributed by atoms with Crippen LogP contribution in [-0.2, 0) is 0 Å². The van der Waals surface area contributed by atoms with E-state index in [0.717, 1.165) is 11.3 Å². The molecule has 0 fully saturated rings. The van der Waals surface area contributed by atoms with Gasteiger partial charge >= 0.3 is 6.03 Å². The second-order valence-corrected chi connectivity index (χ2v) is 5.07. The topological polar surface area (TPSA) is 97.9 Å². The molecule has 0 aliphatic rings. The Kier molecular flexibility index (Phi) is 4.05. The summed E-state index contributed by atoms with van der Waals surface area (Å²) < 4.78 is 6.57. The summed E-state index contributed by atoms with van der Waals surface area (Å²) in [7, 11) is 0. The second kappa shape index (κ2) is 6.30. The lowest BCUT2D eigenvalue weighted by atomic mass is 10.1. The summed E-state index contributed by atoms with van der Waals surface area (Å²) in [4.78, 5) is 15.8. The molecule has 0 unspecified atom stereocenters. The van der Waals surface area contributed by atoms with Crippen molar-refractivity contribution in [1.82, 2.24) is 25.2 Å². The molecule has 0 saturated carbocycles. The summed E-state index contributed by atoms with van der Waals surface area (Å²) >= 11 is 0. The molecule has 1 aromatic carbocycles. The van der Waals surface area contributed by atoms with E-state index in [1.807, 2.05) is 31.2 Å². The Morgan fingerprint density at radius 1 is 1.30 bits per heavy atom. The van der Waals surface area contributed by atoms with Crippen molar-refractivity contribution in [2.45, 2.75) is 19.9 Å². The van der Waals surface area contributed by atoms with E-state index < -0.39 is 0 Å². The van der Waals surface area contributed by atoms with Gasteiger partial charge in [0.1, 0.15) is 18.4 Å². The summed E-state index contributed by atoms with van der Waals surface area (Å²) in [6.07, 6.45) is 3.11. The van der Waals surface area contributed by atoms with E-state index in [9.17, 15) is 4.79 Å². The number of nitrogens with one attached hydrogen (secondary N) is 2. The van der Waals surface area contributed by atoms with Gasteiger partial charge in [0.2, 0.25) is 0 Å². The summed E-state index contributed by atoms with van der Waals surface area (Å²) in [6, 6.07) is 8.85. The highest BCUT2D eigenvalue weighted by molar-refractivity contribution is 5.88. The maximum atomic E-state index is 11.9. The minimum Gasteiger partial charge on any atom is -0.360 e. The van der Waals surface area contributed by atoms with E-state index in [4.69, 9.17) is 4.52 Å². The zero-order chi connectivity index (χ0) is 16.2. The van der Waals surface area contributed by atoms with Crippen LogP contribution in [0, 0.1) is 6.92 Å². The predicted octanol–water partition coefficient (Wildman–Crippen LogP) is 2.45. The Hall–Kier alpha value is -3.16. The first-order chi connectivity index (χ1) is 11.1. The molecule has 0 aliphatic carbocycles. The maximum absolute atomic E-state index is 11.9. The van der Waals surface area contributed by atoms with Crippen LogP contribution in [0.5, 0.6) is 0 Å². The molecule has 3 rings (SSSR count). The molecular weight excluding hydrogens is 296 g/mol. The van der Waals surface area contributed by atoms with Crippen LogP contribution in [0.25, 0.3) is 5.69 Å². The first kappa shape index (κ1) is 14.8. The molecule has 8 nitrogen and oxygen atoms in total. The fourth-order valence-corrected chi connectivity index (χ4v) is 2.11. The smallest absolute Gasteiger partial charge is 0.320 e. The molecule has 118 valence electrons. The molecule has 8 heteroatoms. The maximum Gasteiger partial charge on any atom is 0.320 e. The van der Waals surface area contributed by atoms with Crippen LogP contribution >= 0.6 is 0 Å². The number of rotatable bonds is 4. The number of nitrogens with zero attached hydrogens (tertiary/aromatic N) is 4. The first-order valence-corrected chi connectivity index (χ1v) is 7.07. The molecule has 3 aromatic rings. The van der Waals surface area contributed by atoms with Gasteiger partial charge in [-0.2, -0.15) is 5.10 Å². The van der Waals surface area contributed by atoms with Gasteiger partial charge in [-0.25, -0.2) is 14.5 Å². The number of benzene rings is 1. The fraction of sp³-hybridized carbons (Fsp3) is 0.200. The molecule has 0 aliphatic heterocycles. The average molecular weight is 312 g/mol. The van der Waals surface area contributed by atoms with Crippen molar-refractivity contribution >= 4 is 11.8 Å². The zero-order valence-electron chi connectivity index (χ0n) is 12.7. The largest absolute Gasteiger partial charge is 0.360 e. The molecule has 2 aromatic heterocycles. The third kappa shape index (κ3) is 3.54. The van der Waals surface area contributed by atoms with Gasteiger partial charge in [-0.3, -0.25) is 5.32 Å². The van der Waals surface area contributed by atoms with Gasteiger partial charge in [0.15, 0.2) is 5.82 Å². The number of amides is 2. The quantitative estimate of drug-likeness (QED) is 0.771. The van der Waals surface area contributed by atoms with Crippen molar-refractivity contribution in [3.8, 4) is 5.69 Å². The van der Waals surface area contributed by atoms with E-state index in [0.29, 0.717) is 11.6 Å². The van der Waals surface area contributed by atoms with Crippen molar-refractivity contribution < 1.29 is 9.32 Å². The number of hydrogen-bond acceptors (Lipinski definition) is 5. The van der Waals surface area contributed by atoms with Gasteiger partial charge < -0.3 is 9.84 Å². The molecule has 0 saturated heterocycles. The fourth-order valence-electron chi connectivity index (χ4n) is 2.11. The number of carbonyl (C=O) groups excluding carboxylic acids is 1. The van der Waals surface area contributed by atoms with Crippen LogP contribution < -0.4 is 10.6 Å². The Bertz CT molecular complexity index is 779. The van der Waals surface area contributed by atoms with E-state index in [-0.39, 0.29) is 12.1 Å². The van der Waals surface area contributed by atoms with Crippen molar-refractivity contribution in [1.29, 1.82) is 0 Å². The highest BCUT2D eigenvalue weighted by Gasteiger charge is 2.11. The monoisotopic (exact) mass is 312 g/mol. The predicted molar refractivity (Wildman–Crippen MR) is 83.2 cm³/mol. The zero-order valence-corrected chi connectivity index (χ0v) is 12.7. The van der Waals surface area contributed by atoms with Crippen LogP contribution in [0.2, 0.25) is 0 Å². The van der Waals surface area contributed by atoms with E-state index in [2.05, 4.69) is 25.9 Å². The van der Waals surface area contributed by atoms with Gasteiger partial charge in [-0.15, -0.1) is 0 Å². The number of aryl methyl sites for hydroxylation is 1. The molecule has 23 heavy (non-hydrogen) atoms. The number of carbonyl (C=O) groups is 1. The van der Waals surface area contributed by atoms with E-state index >= 15 is 0 Å². The molecule has 0 spiro atoms. The first-order valence-electron chi connectivity index (χ1n) is 7.07. The van der Waals surface area contributed by atoms with Gasteiger partial charge in [0, 0.05) is 6.07 Å². The number of aromatic nitrogens is 4. The minimum absolute atomic E-state index is 0.159. The lowest BCUT2D eigenvalue weighted by Gasteiger charge is -2.14. The Morgan fingerprint density at radius 2 is 2.09 bits per heavy atom. The van der Waals surface area contributed by atoms with Crippen molar-refractivity contribution in [2.75, 3.05) is 5.32 Å². The van der Waals surface area contributed by atoms with Crippen LogP contribution in [0.3, 0.4) is 0 Å². The third-order valence-electron chi connectivity index (χ3n) is 3.29.